The van der Waals surface area contributed by atoms with Gasteiger partial charge < -0.3 is 10.1 Å². The Morgan fingerprint density at radius 1 is 1.20 bits per heavy atom. The Balaban J connectivity index is 2.41. The molecule has 0 aliphatic carbocycles. The molecule has 1 aromatic heterocycles. The summed E-state index contributed by atoms with van der Waals surface area (Å²) in [6.45, 7) is 6.42. The molecule has 0 aliphatic heterocycles. The van der Waals surface area contributed by atoms with Gasteiger partial charge in [0, 0.05) is 18.8 Å². The van der Waals surface area contributed by atoms with Crippen molar-refractivity contribution in [1.82, 2.24) is 4.31 Å². The smallest absolute Gasteiger partial charge is 0.265 e. The third-order valence-corrected chi connectivity index (χ3v) is 6.51. The number of anilines is 1. The Kier molecular flexibility index (Phi) is 6.57. The van der Waals surface area contributed by atoms with Gasteiger partial charge in [-0.3, -0.25) is 4.79 Å². The molecule has 2 rings (SSSR count). The number of nitrogens with one attached hydrogen (secondary N) is 1. The van der Waals surface area contributed by atoms with Crippen LogP contribution in [0.1, 0.15) is 30.4 Å². The molecule has 0 spiro atoms. The van der Waals surface area contributed by atoms with E-state index in [1.807, 2.05) is 5.38 Å². The first-order chi connectivity index (χ1) is 11.9. The van der Waals surface area contributed by atoms with E-state index in [2.05, 4.69) is 5.32 Å². The molecule has 6 nitrogen and oxygen atoms in total. The number of amides is 1. The zero-order valence-electron chi connectivity index (χ0n) is 14.5. The molecule has 8 heteroatoms. The summed E-state index contributed by atoms with van der Waals surface area (Å²) in [6.07, 6.45) is 0. The summed E-state index contributed by atoms with van der Waals surface area (Å²) in [6, 6.07) is 8.15. The van der Waals surface area contributed by atoms with Gasteiger partial charge in [-0.25, -0.2) is 8.42 Å². The molecule has 0 unspecified atom stereocenters. The van der Waals surface area contributed by atoms with Crippen molar-refractivity contribution in [3.05, 3.63) is 40.6 Å². The van der Waals surface area contributed by atoms with Gasteiger partial charge in [-0.1, -0.05) is 19.9 Å². The minimum Gasteiger partial charge on any atom is -0.492 e. The van der Waals surface area contributed by atoms with Gasteiger partial charge in [0.25, 0.3) is 5.91 Å². The Labute approximate surface area is 152 Å². The molecular formula is C17H22N2O4S2. The van der Waals surface area contributed by atoms with Crippen LogP contribution in [0.3, 0.4) is 0 Å². The van der Waals surface area contributed by atoms with Crippen molar-refractivity contribution in [3.8, 4) is 5.75 Å². The highest BCUT2D eigenvalue weighted by molar-refractivity contribution is 7.89. The standard InChI is InChI=1S/C17H22N2O4S2/c1-4-19(5-2)25(21,22)16-12-13(9-10-14(16)23-6-3)18-17(20)15-8-7-11-24-15/h7-12H,4-6H2,1-3H3,(H,18,20). The van der Waals surface area contributed by atoms with Gasteiger partial charge in [-0.2, -0.15) is 4.31 Å². The predicted octanol–water partition coefficient (Wildman–Crippen LogP) is 3.43. The molecule has 1 amide bonds. The van der Waals surface area contributed by atoms with Crippen LogP contribution in [0.2, 0.25) is 0 Å². The van der Waals surface area contributed by atoms with Gasteiger partial charge in [0.1, 0.15) is 10.6 Å². The second kappa shape index (κ2) is 8.46. The van der Waals surface area contributed by atoms with E-state index in [1.165, 1.54) is 21.7 Å². The maximum atomic E-state index is 12.9. The number of carbonyl (C=O) groups excluding carboxylic acids is 1. The highest BCUT2D eigenvalue weighted by Crippen LogP contribution is 2.30. The maximum absolute atomic E-state index is 12.9. The SMILES string of the molecule is CCOc1ccc(NC(=O)c2cccs2)cc1S(=O)(=O)N(CC)CC. The number of carbonyl (C=O) groups is 1. The highest BCUT2D eigenvalue weighted by atomic mass is 32.2. The average Bonchev–Trinajstić information content (AvgIpc) is 3.12. The minimum atomic E-state index is -3.71. The van der Waals surface area contributed by atoms with Crippen molar-refractivity contribution in [3.63, 3.8) is 0 Å². The lowest BCUT2D eigenvalue weighted by molar-refractivity contribution is 0.103. The Bertz CT molecular complexity index is 813. The summed E-state index contributed by atoms with van der Waals surface area (Å²) in [5.74, 6) is 0.00821. The number of benzene rings is 1. The van der Waals surface area contributed by atoms with E-state index in [4.69, 9.17) is 4.74 Å². The molecule has 0 radical (unpaired) electrons. The molecule has 0 bridgehead atoms. The van der Waals surface area contributed by atoms with E-state index < -0.39 is 10.0 Å². The van der Waals surface area contributed by atoms with Crippen molar-refractivity contribution < 1.29 is 17.9 Å². The number of nitrogens with zero attached hydrogens (tertiary/aromatic N) is 1. The van der Waals surface area contributed by atoms with Gasteiger partial charge in [0.15, 0.2) is 0 Å². The monoisotopic (exact) mass is 382 g/mol. The van der Waals surface area contributed by atoms with Crippen LogP contribution in [-0.2, 0) is 10.0 Å². The molecular weight excluding hydrogens is 360 g/mol. The zero-order valence-corrected chi connectivity index (χ0v) is 16.1. The number of hydrogen-bond donors (Lipinski definition) is 1. The number of ether oxygens (including phenoxy) is 1. The summed E-state index contributed by atoms with van der Waals surface area (Å²) in [7, 11) is -3.71. The van der Waals surface area contributed by atoms with E-state index in [-0.39, 0.29) is 16.6 Å². The summed E-state index contributed by atoms with van der Waals surface area (Å²) in [5.41, 5.74) is 0.410. The lowest BCUT2D eigenvalue weighted by Crippen LogP contribution is -2.31. The van der Waals surface area contributed by atoms with Crippen LogP contribution in [0.4, 0.5) is 5.69 Å². The van der Waals surface area contributed by atoms with Gasteiger partial charge in [-0.15, -0.1) is 11.3 Å². The van der Waals surface area contributed by atoms with E-state index in [0.29, 0.717) is 30.3 Å². The Morgan fingerprint density at radius 3 is 2.48 bits per heavy atom. The van der Waals surface area contributed by atoms with E-state index in [9.17, 15) is 13.2 Å². The quantitative estimate of drug-likeness (QED) is 0.759. The highest BCUT2D eigenvalue weighted by Gasteiger charge is 2.26. The third-order valence-electron chi connectivity index (χ3n) is 3.57. The average molecular weight is 383 g/mol. The molecule has 1 N–H and O–H groups in total. The lowest BCUT2D eigenvalue weighted by atomic mass is 10.3. The largest absolute Gasteiger partial charge is 0.492 e. The molecule has 0 saturated heterocycles. The van der Waals surface area contributed by atoms with E-state index in [1.54, 1.807) is 45.0 Å². The second-order valence-corrected chi connectivity index (χ2v) is 7.97. The first-order valence-corrected chi connectivity index (χ1v) is 10.4. The minimum absolute atomic E-state index is 0.0574. The van der Waals surface area contributed by atoms with Crippen molar-refractivity contribution in [2.75, 3.05) is 25.0 Å². The van der Waals surface area contributed by atoms with Crippen LogP contribution in [0.15, 0.2) is 40.6 Å². The van der Waals surface area contributed by atoms with Gasteiger partial charge in [0.2, 0.25) is 10.0 Å². The Morgan fingerprint density at radius 2 is 1.92 bits per heavy atom. The van der Waals surface area contributed by atoms with Crippen LogP contribution < -0.4 is 10.1 Å². The second-order valence-electron chi connectivity index (χ2n) is 5.12. The normalized spacial score (nSPS) is 11.5. The van der Waals surface area contributed by atoms with E-state index in [0.717, 1.165) is 0 Å². The molecule has 0 fully saturated rings. The van der Waals surface area contributed by atoms with Crippen LogP contribution in [-0.4, -0.2) is 38.3 Å². The fraction of sp³-hybridized carbons (Fsp3) is 0.353. The van der Waals surface area contributed by atoms with Crippen LogP contribution in [0.25, 0.3) is 0 Å². The molecule has 1 heterocycles. The van der Waals surface area contributed by atoms with Gasteiger partial charge >= 0.3 is 0 Å². The summed E-state index contributed by atoms with van der Waals surface area (Å²) in [4.78, 5) is 12.8. The number of hydrogen-bond acceptors (Lipinski definition) is 5. The molecule has 25 heavy (non-hydrogen) atoms. The summed E-state index contributed by atoms with van der Waals surface area (Å²) < 4.78 is 32.6. The predicted molar refractivity (Wildman–Crippen MR) is 100.0 cm³/mol. The first kappa shape index (κ1) is 19.4. The Hall–Kier alpha value is -1.90. The molecule has 136 valence electrons. The summed E-state index contributed by atoms with van der Waals surface area (Å²) >= 11 is 1.32. The van der Waals surface area contributed by atoms with Crippen LogP contribution in [0, 0.1) is 0 Å². The molecule has 0 saturated carbocycles. The molecule has 1 aromatic carbocycles. The van der Waals surface area contributed by atoms with Crippen molar-refractivity contribution >= 4 is 33.0 Å². The number of thiophene rings is 1. The lowest BCUT2D eigenvalue weighted by Gasteiger charge is -2.21. The molecule has 2 aromatic rings. The van der Waals surface area contributed by atoms with Gasteiger partial charge in [0.05, 0.1) is 11.5 Å². The topological polar surface area (TPSA) is 75.7 Å². The summed E-state index contributed by atoms with van der Waals surface area (Å²) in [5, 5.41) is 4.54. The fourth-order valence-electron chi connectivity index (χ4n) is 2.37. The third kappa shape index (κ3) is 4.39. The molecule has 0 atom stereocenters. The number of rotatable bonds is 8. The van der Waals surface area contributed by atoms with Gasteiger partial charge in [-0.05, 0) is 36.6 Å². The number of sulfonamides is 1. The maximum Gasteiger partial charge on any atom is 0.265 e. The van der Waals surface area contributed by atoms with Crippen molar-refractivity contribution in [1.29, 1.82) is 0 Å². The van der Waals surface area contributed by atoms with Crippen LogP contribution in [0.5, 0.6) is 5.75 Å². The van der Waals surface area contributed by atoms with Crippen LogP contribution >= 0.6 is 11.3 Å². The van der Waals surface area contributed by atoms with Crippen molar-refractivity contribution in [2.24, 2.45) is 0 Å². The first-order valence-electron chi connectivity index (χ1n) is 8.05. The fourth-order valence-corrected chi connectivity index (χ4v) is 4.60. The van der Waals surface area contributed by atoms with E-state index >= 15 is 0 Å². The zero-order chi connectivity index (χ0) is 18.4. The molecule has 0 aliphatic rings. The van der Waals surface area contributed by atoms with Crippen molar-refractivity contribution in [2.45, 2.75) is 25.7 Å².